The number of allylic oxidation sites excluding steroid dienone is 2. The summed E-state index contributed by atoms with van der Waals surface area (Å²) in [6.07, 6.45) is 2.92. The van der Waals surface area contributed by atoms with E-state index in [4.69, 9.17) is 9.79 Å². The maximum absolute atomic E-state index is 11.1. The summed E-state index contributed by atoms with van der Waals surface area (Å²) in [5, 5.41) is 39.6. The Kier molecular flexibility index (Phi) is 4.74. The Morgan fingerprint density at radius 2 is 1.87 bits per heavy atom. The van der Waals surface area contributed by atoms with Crippen LogP contribution in [0.2, 0.25) is 0 Å². The van der Waals surface area contributed by atoms with Crippen LogP contribution in [0.15, 0.2) is 53.0 Å². The molecule has 1 aliphatic rings. The molecule has 9 heteroatoms. The zero-order valence-corrected chi connectivity index (χ0v) is 12.7. The number of phenols is 1. The summed E-state index contributed by atoms with van der Waals surface area (Å²) in [7, 11) is -4.79. The third-order valence-electron chi connectivity index (χ3n) is 3.20. The van der Waals surface area contributed by atoms with Gasteiger partial charge in [-0.05, 0) is 35.9 Å². The second-order valence-electron chi connectivity index (χ2n) is 5.17. The van der Waals surface area contributed by atoms with Crippen molar-refractivity contribution >= 4 is 13.5 Å². The SMILES string of the molecule is O=P(O)(O)N=C1C=CC(O)=CC1C(O)(O)Cc1cccc(O)c1. The number of aliphatic hydroxyl groups is 3. The summed E-state index contributed by atoms with van der Waals surface area (Å²) >= 11 is 0. The second-order valence-corrected chi connectivity index (χ2v) is 6.39. The third kappa shape index (κ3) is 4.75. The summed E-state index contributed by atoms with van der Waals surface area (Å²) in [5.74, 6) is -4.20. The molecule has 124 valence electrons. The van der Waals surface area contributed by atoms with Crippen molar-refractivity contribution in [3.63, 3.8) is 0 Å². The Morgan fingerprint density at radius 3 is 2.48 bits per heavy atom. The van der Waals surface area contributed by atoms with Gasteiger partial charge >= 0.3 is 7.75 Å². The van der Waals surface area contributed by atoms with Gasteiger partial charge in [0.15, 0.2) is 5.79 Å². The molecular formula is C14H16NO7P. The molecule has 0 fully saturated rings. The van der Waals surface area contributed by atoms with Gasteiger partial charge in [-0.3, -0.25) is 0 Å². The molecule has 1 aliphatic carbocycles. The zero-order chi connectivity index (χ0) is 17.3. The number of hydrogen-bond acceptors (Lipinski definition) is 5. The van der Waals surface area contributed by atoms with Crippen molar-refractivity contribution < 1.29 is 34.8 Å². The molecule has 23 heavy (non-hydrogen) atoms. The topological polar surface area (TPSA) is 151 Å². The minimum absolute atomic E-state index is 0.0654. The molecule has 0 aromatic heterocycles. The van der Waals surface area contributed by atoms with Crippen molar-refractivity contribution in [2.45, 2.75) is 12.2 Å². The van der Waals surface area contributed by atoms with E-state index in [1.54, 1.807) is 6.07 Å². The quantitative estimate of drug-likeness (QED) is 0.350. The molecule has 1 unspecified atom stereocenters. The van der Waals surface area contributed by atoms with Gasteiger partial charge in [0.2, 0.25) is 0 Å². The highest BCUT2D eigenvalue weighted by Crippen LogP contribution is 2.39. The van der Waals surface area contributed by atoms with E-state index in [1.165, 1.54) is 18.2 Å². The number of nitrogens with zero attached hydrogens (tertiary/aromatic N) is 1. The Hall–Kier alpha value is -1.96. The molecule has 0 saturated carbocycles. The number of rotatable bonds is 4. The van der Waals surface area contributed by atoms with Crippen molar-refractivity contribution in [2.75, 3.05) is 0 Å². The van der Waals surface area contributed by atoms with Crippen molar-refractivity contribution in [2.24, 2.45) is 10.7 Å². The van der Waals surface area contributed by atoms with E-state index in [0.717, 1.165) is 18.2 Å². The molecule has 0 radical (unpaired) electrons. The fourth-order valence-electron chi connectivity index (χ4n) is 2.28. The van der Waals surface area contributed by atoms with Crippen molar-refractivity contribution in [3.8, 4) is 5.75 Å². The lowest BCUT2D eigenvalue weighted by Crippen LogP contribution is -2.43. The van der Waals surface area contributed by atoms with Crippen LogP contribution in [0, 0.1) is 5.92 Å². The predicted molar refractivity (Wildman–Crippen MR) is 81.8 cm³/mol. The number of phenolic OH excluding ortho intramolecular Hbond substituents is 1. The average Bonchev–Trinajstić information content (AvgIpc) is 2.38. The summed E-state index contributed by atoms with van der Waals surface area (Å²) in [5.41, 5.74) is 0.106. The van der Waals surface area contributed by atoms with Gasteiger partial charge in [0, 0.05) is 6.42 Å². The zero-order valence-electron chi connectivity index (χ0n) is 11.8. The highest BCUT2D eigenvalue weighted by molar-refractivity contribution is 7.50. The van der Waals surface area contributed by atoms with Gasteiger partial charge in [-0.1, -0.05) is 12.1 Å². The highest BCUT2D eigenvalue weighted by Gasteiger charge is 2.38. The van der Waals surface area contributed by atoms with E-state index < -0.39 is 19.5 Å². The molecule has 0 aliphatic heterocycles. The lowest BCUT2D eigenvalue weighted by molar-refractivity contribution is -0.172. The molecule has 0 heterocycles. The standard InChI is InChI=1S/C14H16NO7P/c16-10-3-1-2-9(6-10)8-14(18,19)12-7-11(17)4-5-13(12)15-23(20,21)22/h1-7,12,16-19H,8H2,(H2,20,21,22). The number of aromatic hydroxyl groups is 1. The molecule has 0 spiro atoms. The van der Waals surface area contributed by atoms with Gasteiger partial charge in [-0.25, -0.2) is 4.57 Å². The lowest BCUT2D eigenvalue weighted by atomic mass is 9.85. The summed E-state index contributed by atoms with van der Waals surface area (Å²) in [6.45, 7) is 0. The van der Waals surface area contributed by atoms with Crippen LogP contribution in [0.1, 0.15) is 5.56 Å². The Bertz CT molecular complexity index is 732. The predicted octanol–water partition coefficient (Wildman–Crippen LogP) is 0.777. The van der Waals surface area contributed by atoms with Gasteiger partial charge in [0.1, 0.15) is 11.5 Å². The van der Waals surface area contributed by atoms with E-state index in [1.807, 2.05) is 0 Å². The Morgan fingerprint density at radius 1 is 1.17 bits per heavy atom. The Labute approximate surface area is 131 Å². The van der Waals surface area contributed by atoms with Crippen molar-refractivity contribution in [3.05, 3.63) is 53.8 Å². The molecule has 2 rings (SSSR count). The lowest BCUT2D eigenvalue weighted by Gasteiger charge is -2.31. The normalized spacial score (nSPS) is 20.6. The van der Waals surface area contributed by atoms with Crippen LogP contribution in [0.3, 0.4) is 0 Å². The van der Waals surface area contributed by atoms with Gasteiger partial charge < -0.3 is 30.2 Å². The first-order chi connectivity index (χ1) is 10.6. The molecule has 8 nitrogen and oxygen atoms in total. The molecule has 6 N–H and O–H groups in total. The molecule has 1 aromatic carbocycles. The molecule has 1 aromatic rings. The first kappa shape index (κ1) is 17.4. The van der Waals surface area contributed by atoms with E-state index in [-0.39, 0.29) is 23.6 Å². The molecule has 1 atom stereocenters. The monoisotopic (exact) mass is 341 g/mol. The third-order valence-corrected chi connectivity index (χ3v) is 3.69. The van der Waals surface area contributed by atoms with E-state index in [2.05, 4.69) is 4.76 Å². The largest absolute Gasteiger partial charge is 0.508 e. The van der Waals surface area contributed by atoms with Crippen LogP contribution < -0.4 is 0 Å². The van der Waals surface area contributed by atoms with Crippen LogP contribution in [0.5, 0.6) is 5.75 Å². The minimum atomic E-state index is -4.79. The van der Waals surface area contributed by atoms with Crippen LogP contribution in [-0.2, 0) is 11.0 Å². The van der Waals surface area contributed by atoms with E-state index in [0.29, 0.717) is 5.56 Å². The fraction of sp³-hybridized carbons (Fsp3) is 0.214. The average molecular weight is 341 g/mol. The first-order valence-electron chi connectivity index (χ1n) is 6.54. The smallest absolute Gasteiger partial charge is 0.448 e. The highest BCUT2D eigenvalue weighted by atomic mass is 31.2. The summed E-state index contributed by atoms with van der Waals surface area (Å²) < 4.78 is 14.2. The van der Waals surface area contributed by atoms with Crippen molar-refractivity contribution in [1.82, 2.24) is 0 Å². The van der Waals surface area contributed by atoms with E-state index in [9.17, 15) is 25.0 Å². The maximum atomic E-state index is 11.1. The maximum Gasteiger partial charge on any atom is 0.448 e. The van der Waals surface area contributed by atoms with Gasteiger partial charge in [0.25, 0.3) is 0 Å². The van der Waals surface area contributed by atoms with Gasteiger partial charge in [0.05, 0.1) is 11.6 Å². The van der Waals surface area contributed by atoms with Crippen LogP contribution in [-0.4, -0.2) is 41.7 Å². The molecule has 0 amide bonds. The van der Waals surface area contributed by atoms with Crippen LogP contribution in [0.25, 0.3) is 0 Å². The van der Waals surface area contributed by atoms with Gasteiger partial charge in [-0.2, -0.15) is 4.76 Å². The molecule has 0 saturated heterocycles. The minimum Gasteiger partial charge on any atom is -0.508 e. The molecular weight excluding hydrogens is 325 g/mol. The Balaban J connectivity index is 2.36. The van der Waals surface area contributed by atoms with Crippen LogP contribution in [0.4, 0.5) is 0 Å². The summed E-state index contributed by atoms with van der Waals surface area (Å²) in [6, 6.07) is 5.79. The second kappa shape index (κ2) is 6.27. The number of hydrogen-bond donors (Lipinski definition) is 6. The van der Waals surface area contributed by atoms with Crippen molar-refractivity contribution in [1.29, 1.82) is 0 Å². The number of aliphatic hydroxyl groups excluding tert-OH is 1. The molecule has 0 bridgehead atoms. The van der Waals surface area contributed by atoms with E-state index >= 15 is 0 Å². The summed E-state index contributed by atoms with van der Waals surface area (Å²) in [4.78, 5) is 17.9. The number of benzene rings is 1. The van der Waals surface area contributed by atoms with Crippen LogP contribution >= 0.6 is 7.75 Å². The fourth-order valence-corrected chi connectivity index (χ4v) is 2.77. The van der Waals surface area contributed by atoms with Gasteiger partial charge in [-0.15, -0.1) is 0 Å². The first-order valence-corrected chi connectivity index (χ1v) is 8.10.